The topological polar surface area (TPSA) is 96.9 Å². The Kier molecular flexibility index (Phi) is 7.45. The van der Waals surface area contributed by atoms with E-state index in [1.165, 1.54) is 18.2 Å². The number of hydrazone groups is 1. The molecular formula is C23H17BrFN3O4. The number of ether oxygens (including phenoxy) is 1. The number of hydrogen-bond donors (Lipinski definition) is 2. The minimum absolute atomic E-state index is 0.110. The SMILES string of the molecule is CC(=NNC(=O)C(=O)Nc1ccccc1F)c1ccc(OC(=O)c2ccccc2Br)cc1. The summed E-state index contributed by atoms with van der Waals surface area (Å²) in [4.78, 5) is 36.1. The maximum Gasteiger partial charge on any atom is 0.344 e. The van der Waals surface area contributed by atoms with E-state index in [0.29, 0.717) is 27.1 Å². The highest BCUT2D eigenvalue weighted by Crippen LogP contribution is 2.20. The molecular weight excluding hydrogens is 481 g/mol. The van der Waals surface area contributed by atoms with Crippen molar-refractivity contribution in [3.8, 4) is 5.75 Å². The molecule has 3 rings (SSSR count). The molecule has 2 N–H and O–H groups in total. The summed E-state index contributed by atoms with van der Waals surface area (Å²) in [5, 5.41) is 6.05. The second-order valence-corrected chi connectivity index (χ2v) is 7.32. The maximum atomic E-state index is 13.6. The summed E-state index contributed by atoms with van der Waals surface area (Å²) >= 11 is 3.30. The number of carbonyl (C=O) groups excluding carboxylic acids is 3. The van der Waals surface area contributed by atoms with Crippen molar-refractivity contribution in [3.05, 3.63) is 94.2 Å². The second kappa shape index (κ2) is 10.5. The lowest BCUT2D eigenvalue weighted by atomic mass is 10.1. The van der Waals surface area contributed by atoms with Crippen molar-refractivity contribution in [2.45, 2.75) is 6.92 Å². The number of amides is 2. The summed E-state index contributed by atoms with van der Waals surface area (Å²) in [6.07, 6.45) is 0. The molecule has 162 valence electrons. The maximum absolute atomic E-state index is 13.6. The molecule has 0 radical (unpaired) electrons. The van der Waals surface area contributed by atoms with Crippen LogP contribution in [0.25, 0.3) is 0 Å². The van der Waals surface area contributed by atoms with E-state index in [1.54, 1.807) is 55.5 Å². The van der Waals surface area contributed by atoms with Crippen molar-refractivity contribution in [1.82, 2.24) is 5.43 Å². The van der Waals surface area contributed by atoms with Crippen molar-refractivity contribution in [2.75, 3.05) is 5.32 Å². The Bertz CT molecular complexity index is 1200. The van der Waals surface area contributed by atoms with Gasteiger partial charge in [0.25, 0.3) is 0 Å². The standard InChI is InChI=1S/C23H17BrFN3O4/c1-14(27-28-22(30)21(29)26-20-9-5-4-8-19(20)25)15-10-12-16(13-11-15)32-23(31)17-6-2-3-7-18(17)24/h2-13H,1H3,(H,26,29)(H,28,30). The summed E-state index contributed by atoms with van der Waals surface area (Å²) in [5.74, 6) is -2.94. The first kappa shape index (κ1) is 22.8. The number of halogens is 2. The zero-order valence-electron chi connectivity index (χ0n) is 16.8. The number of para-hydroxylation sites is 1. The van der Waals surface area contributed by atoms with Gasteiger partial charge in [-0.05, 0) is 76.9 Å². The van der Waals surface area contributed by atoms with Crippen LogP contribution in [0.4, 0.5) is 10.1 Å². The number of carbonyl (C=O) groups is 3. The molecule has 0 fully saturated rings. The molecule has 0 atom stereocenters. The van der Waals surface area contributed by atoms with Crippen LogP contribution in [-0.4, -0.2) is 23.5 Å². The van der Waals surface area contributed by atoms with E-state index in [2.05, 4.69) is 31.8 Å². The largest absolute Gasteiger partial charge is 0.423 e. The first-order chi connectivity index (χ1) is 15.3. The Labute approximate surface area is 191 Å². The third-order valence-corrected chi connectivity index (χ3v) is 4.92. The smallest absolute Gasteiger partial charge is 0.344 e. The number of hydrogen-bond acceptors (Lipinski definition) is 5. The number of benzene rings is 3. The average molecular weight is 498 g/mol. The van der Waals surface area contributed by atoms with Gasteiger partial charge in [0.05, 0.1) is 17.0 Å². The fraction of sp³-hybridized carbons (Fsp3) is 0.0435. The van der Waals surface area contributed by atoms with E-state index in [4.69, 9.17) is 4.74 Å². The van der Waals surface area contributed by atoms with E-state index < -0.39 is 23.6 Å². The highest BCUT2D eigenvalue weighted by molar-refractivity contribution is 9.10. The van der Waals surface area contributed by atoms with Crippen molar-refractivity contribution < 1.29 is 23.5 Å². The molecule has 0 aliphatic rings. The molecule has 0 heterocycles. The zero-order valence-corrected chi connectivity index (χ0v) is 18.4. The van der Waals surface area contributed by atoms with Gasteiger partial charge in [-0.15, -0.1) is 0 Å². The lowest BCUT2D eigenvalue weighted by Gasteiger charge is -2.07. The highest BCUT2D eigenvalue weighted by Gasteiger charge is 2.15. The van der Waals surface area contributed by atoms with Crippen LogP contribution in [0, 0.1) is 5.82 Å². The van der Waals surface area contributed by atoms with Gasteiger partial charge in [-0.25, -0.2) is 14.6 Å². The Morgan fingerprint density at radius 2 is 1.56 bits per heavy atom. The second-order valence-electron chi connectivity index (χ2n) is 6.47. The summed E-state index contributed by atoms with van der Waals surface area (Å²) in [7, 11) is 0. The van der Waals surface area contributed by atoms with Gasteiger partial charge in [0.15, 0.2) is 0 Å². The lowest BCUT2D eigenvalue weighted by molar-refractivity contribution is -0.136. The molecule has 7 nitrogen and oxygen atoms in total. The Balaban J connectivity index is 1.59. The van der Waals surface area contributed by atoms with E-state index in [9.17, 15) is 18.8 Å². The molecule has 0 aliphatic carbocycles. The molecule has 0 unspecified atom stereocenters. The van der Waals surface area contributed by atoms with Crippen LogP contribution in [0.5, 0.6) is 5.75 Å². The molecule has 0 spiro atoms. The predicted octanol–water partition coefficient (Wildman–Crippen LogP) is 4.29. The van der Waals surface area contributed by atoms with Gasteiger partial charge >= 0.3 is 17.8 Å². The molecule has 2 amide bonds. The van der Waals surface area contributed by atoms with Crippen molar-refractivity contribution in [1.29, 1.82) is 0 Å². The van der Waals surface area contributed by atoms with E-state index in [1.807, 2.05) is 0 Å². The van der Waals surface area contributed by atoms with Gasteiger partial charge in [-0.1, -0.05) is 24.3 Å². The summed E-state index contributed by atoms with van der Waals surface area (Å²) in [5.41, 5.74) is 3.43. The number of rotatable bonds is 5. The van der Waals surface area contributed by atoms with Gasteiger partial charge in [0.1, 0.15) is 11.6 Å². The van der Waals surface area contributed by atoms with Gasteiger partial charge in [-0.3, -0.25) is 9.59 Å². The summed E-state index contributed by atoms with van der Waals surface area (Å²) < 4.78 is 19.5. The number of esters is 1. The van der Waals surface area contributed by atoms with E-state index in [0.717, 1.165) is 6.07 Å². The van der Waals surface area contributed by atoms with Gasteiger partial charge in [0.2, 0.25) is 0 Å². The first-order valence-corrected chi connectivity index (χ1v) is 10.1. The van der Waals surface area contributed by atoms with Crippen LogP contribution in [0.15, 0.2) is 82.4 Å². The average Bonchev–Trinajstić information content (AvgIpc) is 2.79. The van der Waals surface area contributed by atoms with Crippen LogP contribution in [0.2, 0.25) is 0 Å². The predicted molar refractivity (Wildman–Crippen MR) is 121 cm³/mol. The number of nitrogens with zero attached hydrogens (tertiary/aromatic N) is 1. The van der Waals surface area contributed by atoms with Crippen molar-refractivity contribution >= 4 is 45.1 Å². The van der Waals surface area contributed by atoms with E-state index in [-0.39, 0.29) is 5.69 Å². The van der Waals surface area contributed by atoms with Crippen LogP contribution in [0.1, 0.15) is 22.8 Å². The monoisotopic (exact) mass is 497 g/mol. The molecule has 0 aromatic heterocycles. The molecule has 0 saturated heterocycles. The quantitative estimate of drug-likeness (QED) is 0.180. The fourth-order valence-corrected chi connectivity index (χ4v) is 2.99. The van der Waals surface area contributed by atoms with Gasteiger partial charge in [0, 0.05) is 4.47 Å². The van der Waals surface area contributed by atoms with Gasteiger partial charge < -0.3 is 10.1 Å². The molecule has 9 heteroatoms. The molecule has 0 bridgehead atoms. The molecule has 0 saturated carbocycles. The van der Waals surface area contributed by atoms with Gasteiger partial charge in [-0.2, -0.15) is 5.10 Å². The first-order valence-electron chi connectivity index (χ1n) is 9.32. The van der Waals surface area contributed by atoms with E-state index >= 15 is 0 Å². The number of anilines is 1. The summed E-state index contributed by atoms with van der Waals surface area (Å²) in [6, 6.07) is 18.8. The zero-order chi connectivity index (χ0) is 23.1. The molecule has 32 heavy (non-hydrogen) atoms. The van der Waals surface area contributed by atoms with Crippen molar-refractivity contribution in [3.63, 3.8) is 0 Å². The summed E-state index contributed by atoms with van der Waals surface area (Å²) in [6.45, 7) is 1.62. The van der Waals surface area contributed by atoms with Crippen LogP contribution < -0.4 is 15.5 Å². The Hall–Kier alpha value is -3.85. The Morgan fingerprint density at radius 1 is 0.906 bits per heavy atom. The lowest BCUT2D eigenvalue weighted by Crippen LogP contribution is -2.33. The van der Waals surface area contributed by atoms with Crippen LogP contribution >= 0.6 is 15.9 Å². The molecule has 0 aliphatic heterocycles. The third kappa shape index (κ3) is 5.86. The van der Waals surface area contributed by atoms with Crippen LogP contribution in [-0.2, 0) is 9.59 Å². The highest BCUT2D eigenvalue weighted by atomic mass is 79.9. The third-order valence-electron chi connectivity index (χ3n) is 4.23. The molecule has 3 aromatic rings. The molecule has 3 aromatic carbocycles. The minimum Gasteiger partial charge on any atom is -0.423 e. The minimum atomic E-state index is -1.05. The number of nitrogens with one attached hydrogen (secondary N) is 2. The van der Waals surface area contributed by atoms with Crippen molar-refractivity contribution in [2.24, 2.45) is 5.10 Å². The normalized spacial score (nSPS) is 10.9. The Morgan fingerprint density at radius 3 is 2.25 bits per heavy atom. The fourth-order valence-electron chi connectivity index (χ4n) is 2.54. The van der Waals surface area contributed by atoms with Crippen LogP contribution in [0.3, 0.4) is 0 Å².